The molecular weight excluding hydrogens is 402 g/mol. The summed E-state index contributed by atoms with van der Waals surface area (Å²) in [4.78, 5) is 33.0. The maximum atomic E-state index is 12.2. The Morgan fingerprint density at radius 2 is 1.90 bits per heavy atom. The maximum absolute atomic E-state index is 12.2. The van der Waals surface area contributed by atoms with E-state index < -0.39 is 12.1 Å². The van der Waals surface area contributed by atoms with Crippen molar-refractivity contribution in [2.24, 2.45) is 29.4 Å². The number of esters is 1. The molecule has 2 aliphatic rings. The lowest BCUT2D eigenvalue weighted by atomic mass is 10.0. The first-order valence-electron chi connectivity index (χ1n) is 10.5. The number of carboxylic acid groups (broad SMARTS) is 1. The van der Waals surface area contributed by atoms with E-state index in [4.69, 9.17) is 14.6 Å². The van der Waals surface area contributed by atoms with Gasteiger partial charge < -0.3 is 25.1 Å². The van der Waals surface area contributed by atoms with Gasteiger partial charge in [0.2, 0.25) is 0 Å². The van der Waals surface area contributed by atoms with Gasteiger partial charge in [-0.25, -0.2) is 4.79 Å². The summed E-state index contributed by atoms with van der Waals surface area (Å²) in [6.07, 6.45) is 4.39. The molecule has 31 heavy (non-hydrogen) atoms. The zero-order valence-electron chi connectivity index (χ0n) is 17.8. The number of ether oxygens (including phenoxy) is 3. The molecule has 2 saturated carbocycles. The molecule has 3 N–H and O–H groups in total. The van der Waals surface area contributed by atoms with Crippen molar-refractivity contribution >= 4 is 18.0 Å². The van der Waals surface area contributed by atoms with Crippen LogP contribution in [0.3, 0.4) is 0 Å². The number of unbranched alkanes of at least 4 members (excludes halogenated alkanes) is 1. The van der Waals surface area contributed by atoms with Gasteiger partial charge in [0, 0.05) is 0 Å². The van der Waals surface area contributed by atoms with E-state index in [0.29, 0.717) is 6.61 Å². The van der Waals surface area contributed by atoms with E-state index in [9.17, 15) is 14.4 Å². The van der Waals surface area contributed by atoms with Crippen LogP contribution >= 0.6 is 0 Å². The van der Waals surface area contributed by atoms with Gasteiger partial charge in [0.1, 0.15) is 19.0 Å². The Kier molecular flexibility index (Phi) is 9.37. The Morgan fingerprint density at radius 3 is 2.42 bits per heavy atom. The summed E-state index contributed by atoms with van der Waals surface area (Å²) in [7, 11) is 0. The van der Waals surface area contributed by atoms with Gasteiger partial charge in [-0.05, 0) is 48.8 Å². The standard InChI is InChI=1S/C19H24O5.C4H7NO2/c1-2-3-10-23-13-6-4-12(5-7-13)11-24-19(22)15-9-8-14-16(15)17(14)18(20)21;1-2-3-7-4(5)6/h4-7,14-17H,2-3,8-11H2,1H3,(H,20,21);2H,1,3H2,(H2,5,6). The van der Waals surface area contributed by atoms with Gasteiger partial charge in [0.05, 0.1) is 18.4 Å². The lowest BCUT2D eigenvalue weighted by molar-refractivity contribution is -0.151. The Morgan fingerprint density at radius 1 is 1.19 bits per heavy atom. The lowest BCUT2D eigenvalue weighted by Gasteiger charge is -2.13. The first kappa shape index (κ1) is 24.2. The number of aliphatic carboxylic acids is 1. The monoisotopic (exact) mass is 433 g/mol. The van der Waals surface area contributed by atoms with Gasteiger partial charge in [-0.1, -0.05) is 38.1 Å². The summed E-state index contributed by atoms with van der Waals surface area (Å²) in [5, 5.41) is 9.11. The molecule has 1 amide bonds. The number of hydrogen-bond acceptors (Lipinski definition) is 6. The maximum Gasteiger partial charge on any atom is 0.404 e. The summed E-state index contributed by atoms with van der Waals surface area (Å²) >= 11 is 0. The molecule has 0 heterocycles. The number of benzene rings is 1. The number of carbonyl (C=O) groups is 3. The van der Waals surface area contributed by atoms with E-state index in [0.717, 1.165) is 37.0 Å². The summed E-state index contributed by atoms with van der Waals surface area (Å²) in [6.45, 7) is 6.54. The van der Waals surface area contributed by atoms with Crippen LogP contribution in [0.25, 0.3) is 0 Å². The Hall–Kier alpha value is -3.03. The predicted molar refractivity (Wildman–Crippen MR) is 113 cm³/mol. The molecule has 4 atom stereocenters. The SMILES string of the molecule is C=CCOC(N)=O.CCCCOc1ccc(COC(=O)C2CCC3C(C(=O)O)C23)cc1. The van der Waals surface area contributed by atoms with Crippen molar-refractivity contribution in [3.8, 4) is 5.75 Å². The number of fused-ring (bicyclic) bond motifs is 1. The average Bonchev–Trinajstić information content (AvgIpc) is 3.32. The Labute approximate surface area is 182 Å². The number of hydrogen-bond donors (Lipinski definition) is 2. The lowest BCUT2D eigenvalue weighted by Crippen LogP contribution is -2.20. The summed E-state index contributed by atoms with van der Waals surface area (Å²) in [5.41, 5.74) is 5.48. The molecule has 0 radical (unpaired) electrons. The van der Waals surface area contributed by atoms with Crippen LogP contribution in [0.4, 0.5) is 4.79 Å². The molecule has 0 spiro atoms. The minimum absolute atomic E-state index is 0.00987. The van der Waals surface area contributed by atoms with Crippen LogP contribution in [-0.2, 0) is 25.7 Å². The molecule has 0 aromatic heterocycles. The van der Waals surface area contributed by atoms with Crippen LogP contribution in [-0.4, -0.2) is 36.4 Å². The van der Waals surface area contributed by atoms with Crippen molar-refractivity contribution in [2.75, 3.05) is 13.2 Å². The van der Waals surface area contributed by atoms with Crippen LogP contribution in [0.2, 0.25) is 0 Å². The Balaban J connectivity index is 0.000000423. The van der Waals surface area contributed by atoms with E-state index in [1.54, 1.807) is 0 Å². The normalized spacial score (nSPS) is 22.9. The highest BCUT2D eigenvalue weighted by molar-refractivity contribution is 5.80. The topological polar surface area (TPSA) is 125 Å². The Bertz CT molecular complexity index is 762. The van der Waals surface area contributed by atoms with Crippen LogP contribution in [0.15, 0.2) is 36.9 Å². The minimum atomic E-state index is -0.777. The van der Waals surface area contributed by atoms with E-state index in [1.807, 2.05) is 24.3 Å². The smallest absolute Gasteiger partial charge is 0.404 e. The summed E-state index contributed by atoms with van der Waals surface area (Å²) < 4.78 is 15.2. The van der Waals surface area contributed by atoms with Gasteiger partial charge in [-0.2, -0.15) is 0 Å². The van der Waals surface area contributed by atoms with Crippen molar-refractivity contribution in [3.05, 3.63) is 42.5 Å². The van der Waals surface area contributed by atoms with Crippen molar-refractivity contribution in [1.82, 2.24) is 0 Å². The minimum Gasteiger partial charge on any atom is -0.494 e. The van der Waals surface area contributed by atoms with Crippen LogP contribution in [0.1, 0.15) is 38.2 Å². The molecule has 0 bridgehead atoms. The van der Waals surface area contributed by atoms with Crippen molar-refractivity contribution in [3.63, 3.8) is 0 Å². The van der Waals surface area contributed by atoms with Crippen LogP contribution in [0, 0.1) is 23.7 Å². The van der Waals surface area contributed by atoms with Crippen molar-refractivity contribution in [2.45, 2.75) is 39.2 Å². The highest BCUT2D eigenvalue weighted by atomic mass is 16.5. The zero-order valence-corrected chi connectivity index (χ0v) is 17.8. The van der Waals surface area contributed by atoms with Crippen molar-refractivity contribution < 1.29 is 33.7 Å². The largest absolute Gasteiger partial charge is 0.494 e. The van der Waals surface area contributed by atoms with E-state index >= 15 is 0 Å². The van der Waals surface area contributed by atoms with E-state index in [1.165, 1.54) is 6.08 Å². The number of nitrogens with two attached hydrogens (primary N) is 1. The molecule has 1 aromatic rings. The number of rotatable bonds is 10. The molecule has 0 saturated heterocycles. The van der Waals surface area contributed by atoms with E-state index in [-0.39, 0.29) is 42.9 Å². The van der Waals surface area contributed by atoms with Gasteiger partial charge in [-0.3, -0.25) is 9.59 Å². The third kappa shape index (κ3) is 7.31. The van der Waals surface area contributed by atoms with Crippen molar-refractivity contribution in [1.29, 1.82) is 0 Å². The third-order valence-corrected chi connectivity index (χ3v) is 5.51. The average molecular weight is 434 g/mol. The number of carbonyl (C=O) groups excluding carboxylic acids is 2. The second kappa shape index (κ2) is 12.0. The van der Waals surface area contributed by atoms with Gasteiger partial charge >= 0.3 is 18.0 Å². The number of primary amides is 1. The first-order valence-corrected chi connectivity index (χ1v) is 10.5. The molecule has 3 rings (SSSR count). The van der Waals surface area contributed by atoms with Gasteiger partial charge in [0.25, 0.3) is 0 Å². The van der Waals surface area contributed by atoms with Crippen LogP contribution < -0.4 is 10.5 Å². The molecule has 8 nitrogen and oxygen atoms in total. The molecule has 2 aliphatic carbocycles. The number of amides is 1. The summed E-state index contributed by atoms with van der Waals surface area (Å²) in [6, 6.07) is 7.55. The fourth-order valence-electron chi connectivity index (χ4n) is 3.93. The quantitative estimate of drug-likeness (QED) is 0.328. The molecule has 0 aliphatic heterocycles. The second-order valence-electron chi connectivity index (χ2n) is 7.66. The third-order valence-electron chi connectivity index (χ3n) is 5.51. The van der Waals surface area contributed by atoms with Gasteiger partial charge in [-0.15, -0.1) is 0 Å². The zero-order chi connectivity index (χ0) is 22.8. The molecule has 170 valence electrons. The van der Waals surface area contributed by atoms with E-state index in [2.05, 4.69) is 24.0 Å². The highest BCUT2D eigenvalue weighted by Crippen LogP contribution is 2.60. The van der Waals surface area contributed by atoms with Gasteiger partial charge in [0.15, 0.2) is 0 Å². The number of carboxylic acids is 1. The molecule has 2 fully saturated rings. The first-order chi connectivity index (χ1) is 14.9. The fraction of sp³-hybridized carbons (Fsp3) is 0.522. The molecule has 1 aromatic carbocycles. The second-order valence-corrected chi connectivity index (χ2v) is 7.66. The predicted octanol–water partition coefficient (Wildman–Crippen LogP) is 3.53. The molecular formula is C23H31NO7. The molecule has 4 unspecified atom stereocenters. The fourth-order valence-corrected chi connectivity index (χ4v) is 3.93. The molecule has 8 heteroatoms. The summed E-state index contributed by atoms with van der Waals surface area (Å²) in [5.74, 6) is -0.623. The van der Waals surface area contributed by atoms with Crippen LogP contribution in [0.5, 0.6) is 5.75 Å². The highest BCUT2D eigenvalue weighted by Gasteiger charge is 2.63.